The van der Waals surface area contributed by atoms with E-state index in [1.807, 2.05) is 18.2 Å². The van der Waals surface area contributed by atoms with Gasteiger partial charge in [0.15, 0.2) is 0 Å². The highest BCUT2D eigenvalue weighted by Crippen LogP contribution is 2.27. The lowest BCUT2D eigenvalue weighted by Crippen LogP contribution is -2.31. The fraction of sp³-hybridized carbons (Fsp3) is 0.533. The highest BCUT2D eigenvalue weighted by molar-refractivity contribution is 5.92. The Labute approximate surface area is 109 Å². The fourth-order valence-electron chi connectivity index (χ4n) is 2.74. The highest BCUT2D eigenvalue weighted by atomic mass is 16.1. The van der Waals surface area contributed by atoms with Crippen LogP contribution in [-0.4, -0.2) is 11.9 Å². The molecule has 18 heavy (non-hydrogen) atoms. The average molecular weight is 246 g/mol. The average Bonchev–Trinajstić information content (AvgIpc) is 2.90. The Bertz CT molecular complexity index is 411. The maximum absolute atomic E-state index is 11.1. The summed E-state index contributed by atoms with van der Waals surface area (Å²) < 4.78 is 0. The van der Waals surface area contributed by atoms with Gasteiger partial charge in [0.05, 0.1) is 0 Å². The quantitative estimate of drug-likeness (QED) is 0.838. The number of hydrogen-bond donors (Lipinski definition) is 2. The summed E-state index contributed by atoms with van der Waals surface area (Å²) in [4.78, 5) is 11.1. The van der Waals surface area contributed by atoms with Gasteiger partial charge in [-0.05, 0) is 43.4 Å². The van der Waals surface area contributed by atoms with E-state index in [2.05, 4.69) is 12.2 Å². The van der Waals surface area contributed by atoms with Gasteiger partial charge in [0, 0.05) is 18.2 Å². The molecule has 3 N–H and O–H groups in total. The molecular weight excluding hydrogens is 224 g/mol. The van der Waals surface area contributed by atoms with Crippen molar-refractivity contribution in [3.8, 4) is 0 Å². The third-order valence-corrected chi connectivity index (χ3v) is 3.95. The van der Waals surface area contributed by atoms with Gasteiger partial charge in [-0.15, -0.1) is 0 Å². The van der Waals surface area contributed by atoms with Crippen LogP contribution in [-0.2, 0) is 6.54 Å². The highest BCUT2D eigenvalue weighted by Gasteiger charge is 2.20. The van der Waals surface area contributed by atoms with Gasteiger partial charge in [0.2, 0.25) is 5.91 Å². The summed E-state index contributed by atoms with van der Waals surface area (Å²) in [5.74, 6) is 0.449. The van der Waals surface area contributed by atoms with Crippen LogP contribution in [0.5, 0.6) is 0 Å². The van der Waals surface area contributed by atoms with E-state index in [9.17, 15) is 4.79 Å². The molecule has 3 nitrogen and oxygen atoms in total. The molecule has 1 aromatic carbocycles. The Kier molecular flexibility index (Phi) is 4.37. The second kappa shape index (κ2) is 6.01. The molecule has 0 bridgehead atoms. The van der Waals surface area contributed by atoms with Crippen LogP contribution in [0.4, 0.5) is 0 Å². The number of benzene rings is 1. The third kappa shape index (κ3) is 3.33. The first-order valence-electron chi connectivity index (χ1n) is 6.79. The summed E-state index contributed by atoms with van der Waals surface area (Å²) in [5, 5.41) is 3.55. The van der Waals surface area contributed by atoms with E-state index < -0.39 is 0 Å². The fourth-order valence-corrected chi connectivity index (χ4v) is 2.74. The van der Waals surface area contributed by atoms with E-state index in [4.69, 9.17) is 5.73 Å². The number of carbonyl (C=O) groups excluding carboxylic acids is 1. The first kappa shape index (κ1) is 13.1. The van der Waals surface area contributed by atoms with Crippen LogP contribution in [0.25, 0.3) is 0 Å². The molecule has 0 spiro atoms. The summed E-state index contributed by atoms with van der Waals surface area (Å²) in [6, 6.07) is 8.09. The van der Waals surface area contributed by atoms with Gasteiger partial charge in [0.1, 0.15) is 0 Å². The van der Waals surface area contributed by atoms with Gasteiger partial charge in [-0.1, -0.05) is 25.0 Å². The molecule has 0 aliphatic heterocycles. The summed E-state index contributed by atoms with van der Waals surface area (Å²) in [7, 11) is 0. The molecule has 1 unspecified atom stereocenters. The minimum Gasteiger partial charge on any atom is -0.366 e. The molecule has 1 aliphatic carbocycles. The van der Waals surface area contributed by atoms with Gasteiger partial charge in [-0.25, -0.2) is 0 Å². The SMILES string of the molecule is CC(NCc1cccc(C(N)=O)c1)C1CCCC1. The molecule has 1 aliphatic rings. The Morgan fingerprint density at radius 1 is 1.44 bits per heavy atom. The molecule has 0 aromatic heterocycles. The molecule has 0 saturated heterocycles. The van der Waals surface area contributed by atoms with E-state index in [-0.39, 0.29) is 5.91 Å². The third-order valence-electron chi connectivity index (χ3n) is 3.95. The number of nitrogens with one attached hydrogen (secondary N) is 1. The van der Waals surface area contributed by atoms with E-state index in [0.717, 1.165) is 18.0 Å². The van der Waals surface area contributed by atoms with Gasteiger partial charge in [-0.3, -0.25) is 4.79 Å². The zero-order valence-electron chi connectivity index (χ0n) is 11.0. The number of rotatable bonds is 5. The molecule has 1 saturated carbocycles. The first-order valence-corrected chi connectivity index (χ1v) is 6.79. The topological polar surface area (TPSA) is 55.1 Å². The summed E-state index contributed by atoms with van der Waals surface area (Å²) >= 11 is 0. The first-order chi connectivity index (χ1) is 8.66. The Balaban J connectivity index is 1.89. The van der Waals surface area contributed by atoms with E-state index in [0.29, 0.717) is 11.6 Å². The Hall–Kier alpha value is -1.35. The van der Waals surface area contributed by atoms with Crippen molar-refractivity contribution in [2.45, 2.75) is 45.2 Å². The van der Waals surface area contributed by atoms with Crippen molar-refractivity contribution in [1.82, 2.24) is 5.32 Å². The van der Waals surface area contributed by atoms with Crippen molar-refractivity contribution in [1.29, 1.82) is 0 Å². The normalized spacial score (nSPS) is 17.8. The minimum atomic E-state index is -0.360. The number of carbonyl (C=O) groups is 1. The predicted octanol–water partition coefficient (Wildman–Crippen LogP) is 2.45. The molecule has 98 valence electrons. The number of nitrogens with two attached hydrogens (primary N) is 1. The zero-order valence-corrected chi connectivity index (χ0v) is 11.0. The summed E-state index contributed by atoms with van der Waals surface area (Å²) in [6.45, 7) is 3.06. The van der Waals surface area contributed by atoms with Crippen molar-refractivity contribution < 1.29 is 4.79 Å². The van der Waals surface area contributed by atoms with Crippen LogP contribution in [0, 0.1) is 5.92 Å². The van der Waals surface area contributed by atoms with Crippen molar-refractivity contribution in [3.63, 3.8) is 0 Å². The standard InChI is InChI=1S/C15H22N2O/c1-11(13-6-2-3-7-13)17-10-12-5-4-8-14(9-12)15(16)18/h4-5,8-9,11,13,17H,2-3,6-7,10H2,1H3,(H2,16,18). The smallest absolute Gasteiger partial charge is 0.248 e. The van der Waals surface area contributed by atoms with Crippen molar-refractivity contribution in [2.24, 2.45) is 11.7 Å². The van der Waals surface area contributed by atoms with Crippen molar-refractivity contribution in [2.75, 3.05) is 0 Å². The molecule has 0 radical (unpaired) electrons. The van der Waals surface area contributed by atoms with Crippen LogP contribution in [0.2, 0.25) is 0 Å². The van der Waals surface area contributed by atoms with Crippen molar-refractivity contribution >= 4 is 5.91 Å². The van der Waals surface area contributed by atoms with Crippen LogP contribution in [0.1, 0.15) is 48.5 Å². The molecule has 1 fully saturated rings. The van der Waals surface area contributed by atoms with E-state index >= 15 is 0 Å². The molecular formula is C15H22N2O. The second-order valence-corrected chi connectivity index (χ2v) is 5.28. The predicted molar refractivity (Wildman–Crippen MR) is 73.2 cm³/mol. The molecule has 1 aromatic rings. The zero-order chi connectivity index (χ0) is 13.0. The Morgan fingerprint density at radius 3 is 2.83 bits per heavy atom. The summed E-state index contributed by atoms with van der Waals surface area (Å²) in [5.41, 5.74) is 6.99. The van der Waals surface area contributed by atoms with Gasteiger partial charge in [0.25, 0.3) is 0 Å². The van der Waals surface area contributed by atoms with Crippen LogP contribution >= 0.6 is 0 Å². The van der Waals surface area contributed by atoms with Crippen LogP contribution in [0.15, 0.2) is 24.3 Å². The lowest BCUT2D eigenvalue weighted by molar-refractivity contribution is 0.1000. The summed E-state index contributed by atoms with van der Waals surface area (Å²) in [6.07, 6.45) is 5.42. The molecule has 1 atom stereocenters. The number of primary amides is 1. The molecule has 0 heterocycles. The molecule has 1 amide bonds. The minimum absolute atomic E-state index is 0.360. The monoisotopic (exact) mass is 246 g/mol. The Morgan fingerprint density at radius 2 is 2.17 bits per heavy atom. The second-order valence-electron chi connectivity index (χ2n) is 5.28. The van der Waals surface area contributed by atoms with E-state index in [1.54, 1.807) is 6.07 Å². The number of amides is 1. The van der Waals surface area contributed by atoms with Crippen LogP contribution in [0.3, 0.4) is 0 Å². The van der Waals surface area contributed by atoms with Gasteiger partial charge in [-0.2, -0.15) is 0 Å². The molecule has 3 heteroatoms. The lowest BCUT2D eigenvalue weighted by atomic mass is 9.99. The number of hydrogen-bond acceptors (Lipinski definition) is 2. The van der Waals surface area contributed by atoms with Gasteiger partial charge < -0.3 is 11.1 Å². The lowest BCUT2D eigenvalue weighted by Gasteiger charge is -2.20. The van der Waals surface area contributed by atoms with Gasteiger partial charge >= 0.3 is 0 Å². The van der Waals surface area contributed by atoms with Crippen LogP contribution < -0.4 is 11.1 Å². The maximum Gasteiger partial charge on any atom is 0.248 e. The largest absolute Gasteiger partial charge is 0.366 e. The maximum atomic E-state index is 11.1. The van der Waals surface area contributed by atoms with Crippen molar-refractivity contribution in [3.05, 3.63) is 35.4 Å². The van der Waals surface area contributed by atoms with E-state index in [1.165, 1.54) is 25.7 Å². The molecule has 2 rings (SSSR count).